The minimum absolute atomic E-state index is 0.149. The molecule has 1 unspecified atom stereocenters. The molecule has 5 rings (SSSR count). The van der Waals surface area contributed by atoms with Crippen LogP contribution in [0.1, 0.15) is 22.3 Å². The highest BCUT2D eigenvalue weighted by Gasteiger charge is 2.66. The van der Waals surface area contributed by atoms with Gasteiger partial charge in [-0.2, -0.15) is 0 Å². The minimum Gasteiger partial charge on any atom is -0.394 e. The lowest BCUT2D eigenvalue weighted by molar-refractivity contribution is -0.414. The zero-order valence-electron chi connectivity index (χ0n) is 22.4. The van der Waals surface area contributed by atoms with Crippen LogP contribution >= 0.6 is 0 Å². The predicted octanol–water partition coefficient (Wildman–Crippen LogP) is 4.45. The Labute approximate surface area is 235 Å². The molecule has 0 aliphatic carbocycles. The van der Waals surface area contributed by atoms with Crippen LogP contribution in [0.15, 0.2) is 121 Å². The molecule has 4 aromatic carbocycles. The van der Waals surface area contributed by atoms with Crippen LogP contribution in [0.25, 0.3) is 0 Å². The Kier molecular flexibility index (Phi) is 9.07. The molecule has 0 bridgehead atoms. The first-order valence-electron chi connectivity index (χ1n) is 13.6. The Morgan fingerprint density at radius 2 is 1.00 bits per heavy atom. The summed E-state index contributed by atoms with van der Waals surface area (Å²) in [4.78, 5) is 0. The fourth-order valence-electron chi connectivity index (χ4n) is 5.47. The number of aliphatic hydroxyl groups excluding tert-OH is 3. The molecule has 3 N–H and O–H groups in total. The molecule has 0 spiro atoms. The molecule has 0 saturated carbocycles. The molecule has 0 aromatic heterocycles. The van der Waals surface area contributed by atoms with Gasteiger partial charge in [-0.1, -0.05) is 121 Å². The van der Waals surface area contributed by atoms with E-state index in [-0.39, 0.29) is 26.1 Å². The van der Waals surface area contributed by atoms with Crippen LogP contribution < -0.4 is 0 Å². The maximum absolute atomic E-state index is 12.0. The summed E-state index contributed by atoms with van der Waals surface area (Å²) in [6, 6.07) is 38.8. The van der Waals surface area contributed by atoms with Gasteiger partial charge in [0.2, 0.25) is 5.79 Å². The van der Waals surface area contributed by atoms with Crippen molar-refractivity contribution < 1.29 is 29.5 Å². The van der Waals surface area contributed by atoms with E-state index in [1.807, 2.05) is 121 Å². The molecule has 0 amide bonds. The average molecular weight is 541 g/mol. The minimum atomic E-state index is -1.58. The Hall–Kier alpha value is -3.36. The second kappa shape index (κ2) is 12.9. The van der Waals surface area contributed by atoms with E-state index in [0.717, 1.165) is 22.3 Å². The van der Waals surface area contributed by atoms with Gasteiger partial charge in [-0.3, -0.25) is 0 Å². The number of benzene rings is 4. The quantitative estimate of drug-likeness (QED) is 0.261. The third-order valence-corrected chi connectivity index (χ3v) is 7.59. The van der Waals surface area contributed by atoms with Crippen LogP contribution in [-0.4, -0.2) is 51.6 Å². The number of aliphatic hydroxyl groups is 3. The van der Waals surface area contributed by atoms with E-state index in [1.54, 1.807) is 0 Å². The fourth-order valence-corrected chi connectivity index (χ4v) is 5.47. The first-order valence-corrected chi connectivity index (χ1v) is 13.6. The Morgan fingerprint density at radius 3 is 1.48 bits per heavy atom. The Bertz CT molecular complexity index is 1300. The number of hydrogen-bond acceptors (Lipinski definition) is 6. The predicted molar refractivity (Wildman–Crippen MR) is 152 cm³/mol. The summed E-state index contributed by atoms with van der Waals surface area (Å²) < 4.78 is 20.1. The molecule has 6 heteroatoms. The lowest BCUT2D eigenvalue weighted by atomic mass is 9.73. The lowest BCUT2D eigenvalue weighted by Gasteiger charge is -2.57. The summed E-state index contributed by atoms with van der Waals surface area (Å²) in [5, 5.41) is 33.5. The second-order valence-corrected chi connectivity index (χ2v) is 10.3. The number of hydrogen-bond donors (Lipinski definition) is 3. The van der Waals surface area contributed by atoms with E-state index in [9.17, 15) is 15.3 Å². The molecule has 1 saturated heterocycles. The van der Waals surface area contributed by atoms with E-state index >= 15 is 0 Å². The molecular formula is C34H36O6. The fraction of sp³-hybridized carbons (Fsp3) is 0.294. The summed E-state index contributed by atoms with van der Waals surface area (Å²) >= 11 is 0. The Balaban J connectivity index is 1.66. The third kappa shape index (κ3) is 6.03. The molecule has 1 heterocycles. The largest absolute Gasteiger partial charge is 0.394 e. The first-order chi connectivity index (χ1) is 19.6. The topological polar surface area (TPSA) is 88.4 Å². The standard InChI is InChI=1S/C34H36O6/c35-23-30-31(36)32(37)33(21-26-13-5-1-6-14-26,38-24-28-17-9-3-10-18-28)34(40-30,22-27-15-7-2-8-16-27)39-25-29-19-11-4-12-20-29/h1-20,30-32,35-37H,21-25H2/t30-,31+,32+,33-,34?/m1/s1. The van der Waals surface area contributed by atoms with Gasteiger partial charge in [0.05, 0.1) is 19.8 Å². The van der Waals surface area contributed by atoms with Crippen molar-refractivity contribution in [1.82, 2.24) is 0 Å². The zero-order chi connectivity index (χ0) is 27.8. The molecule has 40 heavy (non-hydrogen) atoms. The van der Waals surface area contributed by atoms with Crippen LogP contribution in [-0.2, 0) is 40.3 Å². The molecule has 1 aliphatic heterocycles. The van der Waals surface area contributed by atoms with E-state index in [2.05, 4.69) is 0 Å². The molecule has 5 atom stereocenters. The molecule has 6 nitrogen and oxygen atoms in total. The highest BCUT2D eigenvalue weighted by molar-refractivity contribution is 5.26. The van der Waals surface area contributed by atoms with Crippen LogP contribution in [0.3, 0.4) is 0 Å². The van der Waals surface area contributed by atoms with Crippen molar-refractivity contribution in [3.8, 4) is 0 Å². The highest BCUT2D eigenvalue weighted by atomic mass is 16.7. The monoisotopic (exact) mass is 540 g/mol. The van der Waals surface area contributed by atoms with Gasteiger partial charge in [-0.15, -0.1) is 0 Å². The highest BCUT2D eigenvalue weighted by Crippen LogP contribution is 2.47. The smallest absolute Gasteiger partial charge is 0.205 e. The van der Waals surface area contributed by atoms with Crippen molar-refractivity contribution in [2.75, 3.05) is 6.61 Å². The van der Waals surface area contributed by atoms with Crippen LogP contribution in [0.4, 0.5) is 0 Å². The average Bonchev–Trinajstić information content (AvgIpc) is 3.01. The van der Waals surface area contributed by atoms with Gasteiger partial charge in [0.15, 0.2) is 5.60 Å². The van der Waals surface area contributed by atoms with Crippen molar-refractivity contribution in [2.24, 2.45) is 0 Å². The maximum Gasteiger partial charge on any atom is 0.205 e. The maximum atomic E-state index is 12.0. The van der Waals surface area contributed by atoms with Crippen molar-refractivity contribution in [3.63, 3.8) is 0 Å². The van der Waals surface area contributed by atoms with Crippen LogP contribution in [0.5, 0.6) is 0 Å². The van der Waals surface area contributed by atoms with Gasteiger partial charge in [-0.05, 0) is 22.3 Å². The van der Waals surface area contributed by atoms with E-state index < -0.39 is 36.3 Å². The summed E-state index contributed by atoms with van der Waals surface area (Å²) in [6.07, 6.45) is -3.53. The van der Waals surface area contributed by atoms with Gasteiger partial charge in [0, 0.05) is 12.8 Å². The molecule has 208 valence electrons. The molecule has 4 aromatic rings. The van der Waals surface area contributed by atoms with Crippen molar-refractivity contribution in [1.29, 1.82) is 0 Å². The third-order valence-electron chi connectivity index (χ3n) is 7.59. The molecule has 0 radical (unpaired) electrons. The van der Waals surface area contributed by atoms with Crippen molar-refractivity contribution in [2.45, 2.75) is 55.8 Å². The Morgan fingerprint density at radius 1 is 0.575 bits per heavy atom. The molecular weight excluding hydrogens is 504 g/mol. The van der Waals surface area contributed by atoms with Crippen molar-refractivity contribution >= 4 is 0 Å². The van der Waals surface area contributed by atoms with Gasteiger partial charge in [0.1, 0.15) is 18.3 Å². The summed E-state index contributed by atoms with van der Waals surface area (Å²) in [6.45, 7) is -0.181. The van der Waals surface area contributed by atoms with E-state index in [4.69, 9.17) is 14.2 Å². The van der Waals surface area contributed by atoms with Crippen molar-refractivity contribution in [3.05, 3.63) is 144 Å². The van der Waals surface area contributed by atoms with E-state index in [0.29, 0.717) is 0 Å². The first kappa shape index (κ1) is 28.2. The summed E-state index contributed by atoms with van der Waals surface area (Å²) in [7, 11) is 0. The summed E-state index contributed by atoms with van der Waals surface area (Å²) in [5.41, 5.74) is 2.04. The summed E-state index contributed by atoms with van der Waals surface area (Å²) in [5.74, 6) is -1.58. The number of ether oxygens (including phenoxy) is 3. The van der Waals surface area contributed by atoms with Crippen LogP contribution in [0, 0.1) is 0 Å². The van der Waals surface area contributed by atoms with Crippen LogP contribution in [0.2, 0.25) is 0 Å². The zero-order valence-corrected chi connectivity index (χ0v) is 22.4. The van der Waals surface area contributed by atoms with Gasteiger partial charge < -0.3 is 29.5 Å². The lowest BCUT2D eigenvalue weighted by Crippen LogP contribution is -2.76. The van der Waals surface area contributed by atoms with Gasteiger partial charge in [0.25, 0.3) is 0 Å². The second-order valence-electron chi connectivity index (χ2n) is 10.3. The van der Waals surface area contributed by atoms with E-state index in [1.165, 1.54) is 0 Å². The molecule has 1 aliphatic rings. The van der Waals surface area contributed by atoms with Gasteiger partial charge in [-0.25, -0.2) is 0 Å². The normalized spacial score (nSPS) is 26.4. The SMILES string of the molecule is OC[C@H]1OC(Cc2ccccc2)(OCc2ccccc2)[C@](Cc2ccccc2)(OCc2ccccc2)[C@@H](O)[C@H]1O. The van der Waals surface area contributed by atoms with Gasteiger partial charge >= 0.3 is 0 Å². The molecule has 1 fully saturated rings. The number of rotatable bonds is 11.